The van der Waals surface area contributed by atoms with Crippen LogP contribution >= 0.6 is 11.3 Å². The third-order valence-corrected chi connectivity index (χ3v) is 6.80. The quantitative estimate of drug-likeness (QED) is 0.378. The Balaban J connectivity index is 1.07. The average Bonchev–Trinajstić information content (AvgIpc) is 3.65. The predicted molar refractivity (Wildman–Crippen MR) is 127 cm³/mol. The van der Waals surface area contributed by atoms with Crippen LogP contribution in [0.5, 0.6) is 0 Å². The van der Waals surface area contributed by atoms with Crippen LogP contribution < -0.4 is 0 Å². The number of piperazine rings is 1. The van der Waals surface area contributed by atoms with Gasteiger partial charge in [0, 0.05) is 44.6 Å². The molecule has 0 unspecified atom stereocenters. The monoisotopic (exact) mass is 478 g/mol. The molecule has 1 aromatic carbocycles. The fourth-order valence-corrected chi connectivity index (χ4v) is 4.56. The van der Waals surface area contributed by atoms with Crippen molar-refractivity contribution in [3.63, 3.8) is 0 Å². The SMILES string of the molecule is CCc1ccc(-c2noc(CCC(=O)N3CCN(Cc4nc(-c5cccs5)no4)CC3)n2)cc1. The Kier molecular flexibility index (Phi) is 6.77. The second kappa shape index (κ2) is 10.3. The van der Waals surface area contributed by atoms with Crippen molar-refractivity contribution in [1.29, 1.82) is 0 Å². The van der Waals surface area contributed by atoms with Crippen LogP contribution in [0.4, 0.5) is 0 Å². The minimum atomic E-state index is 0.101. The maximum absolute atomic E-state index is 12.7. The van der Waals surface area contributed by atoms with E-state index < -0.39 is 0 Å². The molecule has 4 aromatic rings. The molecule has 1 amide bonds. The van der Waals surface area contributed by atoms with E-state index in [0.717, 1.165) is 30.0 Å². The lowest BCUT2D eigenvalue weighted by atomic mass is 10.1. The molecule has 0 spiro atoms. The van der Waals surface area contributed by atoms with Crippen LogP contribution in [-0.2, 0) is 24.2 Å². The summed E-state index contributed by atoms with van der Waals surface area (Å²) >= 11 is 1.59. The molecular weight excluding hydrogens is 452 g/mol. The second-order valence-corrected chi connectivity index (χ2v) is 9.16. The Morgan fingerprint density at radius 1 is 0.971 bits per heavy atom. The Hall–Kier alpha value is -3.37. The first-order chi connectivity index (χ1) is 16.7. The van der Waals surface area contributed by atoms with Gasteiger partial charge in [-0.1, -0.05) is 47.6 Å². The molecular formula is C24H26N6O3S. The van der Waals surface area contributed by atoms with Crippen LogP contribution in [0.3, 0.4) is 0 Å². The highest BCUT2D eigenvalue weighted by atomic mass is 32.1. The van der Waals surface area contributed by atoms with Crippen molar-refractivity contribution >= 4 is 17.2 Å². The molecule has 176 valence electrons. The van der Waals surface area contributed by atoms with Crippen molar-refractivity contribution in [3.8, 4) is 22.1 Å². The van der Waals surface area contributed by atoms with Crippen molar-refractivity contribution in [2.24, 2.45) is 0 Å². The van der Waals surface area contributed by atoms with E-state index in [1.54, 1.807) is 11.3 Å². The summed E-state index contributed by atoms with van der Waals surface area (Å²) in [5.41, 5.74) is 2.18. The molecule has 4 heterocycles. The number of hydrogen-bond donors (Lipinski definition) is 0. The Morgan fingerprint density at radius 2 is 1.71 bits per heavy atom. The summed E-state index contributed by atoms with van der Waals surface area (Å²) < 4.78 is 10.8. The molecule has 0 N–H and O–H groups in total. The lowest BCUT2D eigenvalue weighted by molar-refractivity contribution is -0.133. The molecule has 9 nitrogen and oxygen atoms in total. The van der Waals surface area contributed by atoms with Gasteiger partial charge in [0.15, 0.2) is 0 Å². The molecule has 1 aliphatic rings. The number of rotatable bonds is 8. The van der Waals surface area contributed by atoms with Gasteiger partial charge in [0.05, 0.1) is 11.4 Å². The smallest absolute Gasteiger partial charge is 0.241 e. The fraction of sp³-hybridized carbons (Fsp3) is 0.375. The molecule has 1 aliphatic heterocycles. The van der Waals surface area contributed by atoms with E-state index in [0.29, 0.717) is 55.9 Å². The molecule has 0 saturated carbocycles. The van der Waals surface area contributed by atoms with Crippen molar-refractivity contribution in [2.45, 2.75) is 32.7 Å². The van der Waals surface area contributed by atoms with Gasteiger partial charge in [-0.05, 0) is 23.4 Å². The highest BCUT2D eigenvalue weighted by molar-refractivity contribution is 7.13. The van der Waals surface area contributed by atoms with Crippen LogP contribution in [-0.4, -0.2) is 62.2 Å². The van der Waals surface area contributed by atoms with Gasteiger partial charge < -0.3 is 13.9 Å². The number of aromatic nitrogens is 4. The summed E-state index contributed by atoms with van der Waals surface area (Å²) in [5.74, 6) is 2.37. The zero-order valence-electron chi connectivity index (χ0n) is 19.0. The Bertz CT molecular complexity index is 1210. The normalized spacial score (nSPS) is 14.6. The van der Waals surface area contributed by atoms with Crippen LogP contribution in [0, 0.1) is 0 Å². The van der Waals surface area contributed by atoms with Crippen LogP contribution in [0.15, 0.2) is 50.8 Å². The van der Waals surface area contributed by atoms with E-state index in [9.17, 15) is 4.79 Å². The maximum atomic E-state index is 12.7. The molecule has 34 heavy (non-hydrogen) atoms. The second-order valence-electron chi connectivity index (χ2n) is 8.21. The molecule has 0 aliphatic carbocycles. The summed E-state index contributed by atoms with van der Waals surface area (Å²) in [7, 11) is 0. The van der Waals surface area contributed by atoms with Gasteiger partial charge in [-0.2, -0.15) is 9.97 Å². The summed E-state index contributed by atoms with van der Waals surface area (Å²) in [6.07, 6.45) is 1.78. The highest BCUT2D eigenvalue weighted by Gasteiger charge is 2.23. The molecule has 0 atom stereocenters. The van der Waals surface area contributed by atoms with Gasteiger partial charge in [0.25, 0.3) is 0 Å². The number of carbonyl (C=O) groups is 1. The number of carbonyl (C=O) groups excluding carboxylic acids is 1. The molecule has 0 radical (unpaired) electrons. The zero-order chi connectivity index (χ0) is 23.3. The largest absolute Gasteiger partial charge is 0.340 e. The number of amides is 1. The first-order valence-corrected chi connectivity index (χ1v) is 12.3. The Morgan fingerprint density at radius 3 is 2.44 bits per heavy atom. The number of thiophene rings is 1. The van der Waals surface area contributed by atoms with E-state index >= 15 is 0 Å². The van der Waals surface area contributed by atoms with E-state index in [1.165, 1.54) is 5.56 Å². The third kappa shape index (κ3) is 5.23. The van der Waals surface area contributed by atoms with Gasteiger partial charge in [-0.15, -0.1) is 11.3 Å². The van der Waals surface area contributed by atoms with E-state index in [4.69, 9.17) is 9.05 Å². The summed E-state index contributed by atoms with van der Waals surface area (Å²) in [6, 6.07) is 12.1. The molecule has 1 saturated heterocycles. The number of benzene rings is 1. The lowest BCUT2D eigenvalue weighted by Crippen LogP contribution is -2.48. The van der Waals surface area contributed by atoms with Crippen molar-refractivity contribution in [2.75, 3.05) is 26.2 Å². The minimum absolute atomic E-state index is 0.101. The van der Waals surface area contributed by atoms with Gasteiger partial charge in [0.1, 0.15) is 0 Å². The van der Waals surface area contributed by atoms with Gasteiger partial charge >= 0.3 is 0 Å². The van der Waals surface area contributed by atoms with Crippen LogP contribution in [0.2, 0.25) is 0 Å². The summed E-state index contributed by atoms with van der Waals surface area (Å²) in [5, 5.41) is 10.1. The van der Waals surface area contributed by atoms with Crippen molar-refractivity contribution in [3.05, 3.63) is 59.1 Å². The first kappa shape index (κ1) is 22.4. The fourth-order valence-electron chi connectivity index (χ4n) is 3.91. The van der Waals surface area contributed by atoms with Gasteiger partial charge in [0.2, 0.25) is 29.3 Å². The van der Waals surface area contributed by atoms with Gasteiger partial charge in [-0.25, -0.2) is 0 Å². The summed E-state index contributed by atoms with van der Waals surface area (Å²) in [6.45, 7) is 5.58. The number of aryl methyl sites for hydroxylation is 2. The van der Waals surface area contributed by atoms with Gasteiger partial charge in [-0.3, -0.25) is 9.69 Å². The van der Waals surface area contributed by atoms with Crippen molar-refractivity contribution < 1.29 is 13.8 Å². The number of hydrogen-bond acceptors (Lipinski definition) is 9. The molecule has 3 aromatic heterocycles. The third-order valence-electron chi connectivity index (χ3n) is 5.93. The molecule has 0 bridgehead atoms. The summed E-state index contributed by atoms with van der Waals surface area (Å²) in [4.78, 5) is 26.7. The van der Waals surface area contributed by atoms with E-state index in [1.807, 2.05) is 34.5 Å². The molecule has 10 heteroatoms. The topological polar surface area (TPSA) is 101 Å². The average molecular weight is 479 g/mol. The minimum Gasteiger partial charge on any atom is -0.340 e. The van der Waals surface area contributed by atoms with Crippen LogP contribution in [0.1, 0.15) is 30.7 Å². The molecule has 1 fully saturated rings. The lowest BCUT2D eigenvalue weighted by Gasteiger charge is -2.33. The van der Waals surface area contributed by atoms with E-state index in [-0.39, 0.29) is 5.91 Å². The zero-order valence-corrected chi connectivity index (χ0v) is 19.8. The standard InChI is InChI=1S/C24H26N6O3S/c1-2-17-5-7-18(8-6-17)23-25-20(32-27-23)9-10-22(31)30-13-11-29(12-14-30)16-21-26-24(28-33-21)19-4-3-15-34-19/h3-8,15H,2,9-14,16H2,1H3. The van der Waals surface area contributed by atoms with Crippen molar-refractivity contribution in [1.82, 2.24) is 30.1 Å². The molecule has 5 rings (SSSR count). The van der Waals surface area contributed by atoms with Crippen LogP contribution in [0.25, 0.3) is 22.1 Å². The van der Waals surface area contributed by atoms with E-state index in [2.05, 4.69) is 44.2 Å². The Labute approximate surface area is 201 Å². The number of nitrogens with zero attached hydrogens (tertiary/aromatic N) is 6. The predicted octanol–water partition coefficient (Wildman–Crippen LogP) is 3.69. The highest BCUT2D eigenvalue weighted by Crippen LogP contribution is 2.22. The maximum Gasteiger partial charge on any atom is 0.241 e. The first-order valence-electron chi connectivity index (χ1n) is 11.5.